The molecule has 2 aromatic heterocycles. The molecule has 6 heteroatoms. The minimum Gasteiger partial charge on any atom is -0.351 e. The van der Waals surface area contributed by atoms with Crippen LogP contribution in [0.5, 0.6) is 0 Å². The molecule has 0 spiro atoms. The Balaban J connectivity index is 1.28. The minimum atomic E-state index is 0.0869. The third kappa shape index (κ3) is 2.60. The second kappa shape index (κ2) is 5.84. The van der Waals surface area contributed by atoms with Gasteiger partial charge in [-0.3, -0.25) is 4.31 Å². The number of anilines is 2. The van der Waals surface area contributed by atoms with E-state index in [0.717, 1.165) is 35.5 Å². The highest BCUT2D eigenvalue weighted by molar-refractivity contribution is 8.02. The Labute approximate surface area is 157 Å². The number of nitrogens with zero attached hydrogens (tertiary/aromatic N) is 4. The van der Waals surface area contributed by atoms with Crippen LogP contribution in [-0.4, -0.2) is 27.0 Å². The Hall–Kier alpha value is -2.34. The molecule has 1 fully saturated rings. The summed E-state index contributed by atoms with van der Waals surface area (Å²) in [4.78, 5) is 13.7. The molecule has 26 heavy (non-hydrogen) atoms. The average Bonchev–Trinajstić information content (AvgIpc) is 2.89. The van der Waals surface area contributed by atoms with Gasteiger partial charge in [0.05, 0.1) is 10.3 Å². The molecule has 132 valence electrons. The molecule has 0 unspecified atom stereocenters. The van der Waals surface area contributed by atoms with E-state index >= 15 is 0 Å². The van der Waals surface area contributed by atoms with Gasteiger partial charge in [0, 0.05) is 35.4 Å². The van der Waals surface area contributed by atoms with Gasteiger partial charge in [0.2, 0.25) is 5.95 Å². The van der Waals surface area contributed by atoms with Crippen LogP contribution in [0.3, 0.4) is 0 Å². The minimum absolute atomic E-state index is 0.0869. The number of benzene rings is 1. The summed E-state index contributed by atoms with van der Waals surface area (Å²) in [5.41, 5.74) is 2.31. The molecule has 3 aromatic rings. The van der Waals surface area contributed by atoms with Gasteiger partial charge in [-0.25, -0.2) is 15.0 Å². The first-order chi connectivity index (χ1) is 12.6. The largest absolute Gasteiger partial charge is 0.351 e. The van der Waals surface area contributed by atoms with E-state index in [1.165, 1.54) is 5.56 Å². The number of hydrogen-bond acceptors (Lipinski definition) is 6. The van der Waals surface area contributed by atoms with Crippen LogP contribution >= 0.6 is 11.9 Å². The topological polar surface area (TPSA) is 53.9 Å². The molecule has 0 atom stereocenters. The van der Waals surface area contributed by atoms with E-state index in [4.69, 9.17) is 0 Å². The van der Waals surface area contributed by atoms with Gasteiger partial charge in [-0.2, -0.15) is 0 Å². The predicted molar refractivity (Wildman–Crippen MR) is 107 cm³/mol. The SMILES string of the molecule is CC1(C)SN([C@H]2C[C@H](Nc3ncc4ccccc4n3)C2)c2ncccc21. The molecule has 1 aliphatic carbocycles. The summed E-state index contributed by atoms with van der Waals surface area (Å²) in [6.07, 6.45) is 5.94. The average molecular weight is 363 g/mol. The molecule has 1 aromatic carbocycles. The summed E-state index contributed by atoms with van der Waals surface area (Å²) in [6.45, 7) is 4.55. The van der Waals surface area contributed by atoms with Gasteiger partial charge in [0.1, 0.15) is 5.82 Å². The van der Waals surface area contributed by atoms with Gasteiger partial charge in [-0.05, 0) is 50.8 Å². The second-order valence-corrected chi connectivity index (χ2v) is 9.12. The van der Waals surface area contributed by atoms with Gasteiger partial charge in [0.25, 0.3) is 0 Å². The molecular weight excluding hydrogens is 342 g/mol. The molecule has 5 nitrogen and oxygen atoms in total. The van der Waals surface area contributed by atoms with Crippen molar-refractivity contribution >= 4 is 34.6 Å². The van der Waals surface area contributed by atoms with Gasteiger partial charge < -0.3 is 5.32 Å². The predicted octanol–water partition coefficient (Wildman–Crippen LogP) is 4.37. The van der Waals surface area contributed by atoms with Crippen molar-refractivity contribution in [2.75, 3.05) is 9.62 Å². The van der Waals surface area contributed by atoms with Crippen molar-refractivity contribution in [2.45, 2.75) is 43.5 Å². The van der Waals surface area contributed by atoms with Crippen LogP contribution in [-0.2, 0) is 4.75 Å². The number of para-hydroxylation sites is 1. The highest BCUT2D eigenvalue weighted by Gasteiger charge is 2.44. The molecule has 0 radical (unpaired) electrons. The summed E-state index contributed by atoms with van der Waals surface area (Å²) in [5.74, 6) is 1.85. The Morgan fingerprint density at radius 1 is 1.12 bits per heavy atom. The molecule has 0 saturated heterocycles. The maximum Gasteiger partial charge on any atom is 0.223 e. The fourth-order valence-electron chi connectivity index (χ4n) is 3.75. The zero-order valence-electron chi connectivity index (χ0n) is 14.9. The van der Waals surface area contributed by atoms with Crippen molar-refractivity contribution in [3.63, 3.8) is 0 Å². The zero-order chi connectivity index (χ0) is 17.7. The molecule has 1 saturated carbocycles. The van der Waals surface area contributed by atoms with Crippen molar-refractivity contribution in [1.82, 2.24) is 15.0 Å². The summed E-state index contributed by atoms with van der Waals surface area (Å²) < 4.78 is 2.50. The summed E-state index contributed by atoms with van der Waals surface area (Å²) in [5, 5.41) is 4.56. The lowest BCUT2D eigenvalue weighted by Crippen LogP contribution is -2.47. The Kier molecular flexibility index (Phi) is 3.57. The molecule has 1 N–H and O–H groups in total. The Morgan fingerprint density at radius 2 is 1.96 bits per heavy atom. The fraction of sp³-hybridized carbons (Fsp3) is 0.350. The fourth-order valence-corrected chi connectivity index (χ4v) is 5.05. The zero-order valence-corrected chi connectivity index (χ0v) is 15.7. The molecule has 3 heterocycles. The quantitative estimate of drug-likeness (QED) is 0.697. The second-order valence-electron chi connectivity index (χ2n) is 7.52. The first-order valence-corrected chi connectivity index (χ1v) is 9.80. The molecule has 0 bridgehead atoms. The van der Waals surface area contributed by atoms with Gasteiger partial charge in [-0.15, -0.1) is 0 Å². The van der Waals surface area contributed by atoms with E-state index in [0.29, 0.717) is 12.1 Å². The van der Waals surface area contributed by atoms with Crippen LogP contribution in [0.1, 0.15) is 32.3 Å². The number of hydrogen-bond donors (Lipinski definition) is 1. The number of fused-ring (bicyclic) bond motifs is 2. The van der Waals surface area contributed by atoms with Crippen molar-refractivity contribution in [3.05, 3.63) is 54.4 Å². The van der Waals surface area contributed by atoms with Crippen molar-refractivity contribution < 1.29 is 0 Å². The Bertz CT molecular complexity index is 967. The third-order valence-electron chi connectivity index (χ3n) is 5.24. The molecule has 2 aliphatic rings. The smallest absolute Gasteiger partial charge is 0.223 e. The number of rotatable bonds is 3. The normalized spacial score (nSPS) is 23.5. The number of pyridine rings is 1. The maximum atomic E-state index is 4.64. The van der Waals surface area contributed by atoms with Gasteiger partial charge in [-0.1, -0.05) is 24.3 Å². The molecule has 5 rings (SSSR count). The van der Waals surface area contributed by atoms with Crippen LogP contribution < -0.4 is 9.62 Å². The lowest BCUT2D eigenvalue weighted by Gasteiger charge is -2.41. The lowest BCUT2D eigenvalue weighted by atomic mass is 9.86. The van der Waals surface area contributed by atoms with Crippen LogP contribution in [0.2, 0.25) is 0 Å². The standard InChI is InChI=1S/C20H21N5S/c1-20(2)16-7-5-9-21-18(16)25(26-20)15-10-14(11-15)23-19-22-12-13-6-3-4-8-17(13)24-19/h3-9,12,14-15H,10-11H2,1-2H3,(H,22,23,24)/t14-,15-. The highest BCUT2D eigenvalue weighted by Crippen LogP contribution is 2.53. The van der Waals surface area contributed by atoms with Crippen LogP contribution in [0.4, 0.5) is 11.8 Å². The summed E-state index contributed by atoms with van der Waals surface area (Å²) in [7, 11) is 0. The maximum absolute atomic E-state index is 4.64. The van der Waals surface area contributed by atoms with Gasteiger partial charge >= 0.3 is 0 Å². The summed E-state index contributed by atoms with van der Waals surface area (Å²) >= 11 is 1.90. The first kappa shape index (κ1) is 15.9. The van der Waals surface area contributed by atoms with E-state index in [9.17, 15) is 0 Å². The number of aromatic nitrogens is 3. The first-order valence-electron chi connectivity index (χ1n) is 9.02. The molecule has 0 amide bonds. The van der Waals surface area contributed by atoms with Crippen LogP contribution in [0, 0.1) is 0 Å². The summed E-state index contributed by atoms with van der Waals surface area (Å²) in [6, 6.07) is 13.2. The van der Waals surface area contributed by atoms with Crippen molar-refractivity contribution in [2.24, 2.45) is 0 Å². The van der Waals surface area contributed by atoms with E-state index in [-0.39, 0.29) is 4.75 Å². The van der Waals surface area contributed by atoms with E-state index < -0.39 is 0 Å². The van der Waals surface area contributed by atoms with Gasteiger partial charge in [0.15, 0.2) is 0 Å². The van der Waals surface area contributed by atoms with Crippen molar-refractivity contribution in [3.8, 4) is 0 Å². The molecule has 1 aliphatic heterocycles. The lowest BCUT2D eigenvalue weighted by molar-refractivity contribution is 0.378. The monoisotopic (exact) mass is 363 g/mol. The van der Waals surface area contributed by atoms with E-state index in [1.54, 1.807) is 0 Å². The van der Waals surface area contributed by atoms with Crippen LogP contribution in [0.15, 0.2) is 48.8 Å². The van der Waals surface area contributed by atoms with Crippen molar-refractivity contribution in [1.29, 1.82) is 0 Å². The van der Waals surface area contributed by atoms with E-state index in [2.05, 4.69) is 44.5 Å². The number of nitrogens with one attached hydrogen (secondary N) is 1. The highest BCUT2D eigenvalue weighted by atomic mass is 32.2. The van der Waals surface area contributed by atoms with Crippen LogP contribution in [0.25, 0.3) is 10.9 Å². The molecular formula is C20H21N5S. The Morgan fingerprint density at radius 3 is 2.85 bits per heavy atom. The van der Waals surface area contributed by atoms with E-state index in [1.807, 2.05) is 54.7 Å². The third-order valence-corrected chi connectivity index (χ3v) is 6.58.